The van der Waals surface area contributed by atoms with Gasteiger partial charge in [-0.05, 0) is 37.0 Å². The maximum absolute atomic E-state index is 13.9. The van der Waals surface area contributed by atoms with Gasteiger partial charge in [0.15, 0.2) is 0 Å². The number of hydrogen-bond donors (Lipinski definition) is 2. The Morgan fingerprint density at radius 3 is 2.44 bits per heavy atom. The van der Waals surface area contributed by atoms with Crippen molar-refractivity contribution in [2.24, 2.45) is 0 Å². The zero-order valence-electron chi connectivity index (χ0n) is 13.8. The summed E-state index contributed by atoms with van der Waals surface area (Å²) in [5.41, 5.74) is 0.831. The fourth-order valence-corrected chi connectivity index (χ4v) is 2.52. The lowest BCUT2D eigenvalue weighted by Crippen LogP contribution is -2.37. The second-order valence-electron chi connectivity index (χ2n) is 5.87. The van der Waals surface area contributed by atoms with E-state index in [0.717, 1.165) is 11.6 Å². The third-order valence-corrected chi connectivity index (χ3v) is 3.86. The Morgan fingerprint density at radius 1 is 1.12 bits per heavy atom. The number of benzene rings is 2. The van der Waals surface area contributed by atoms with Crippen LogP contribution in [0.1, 0.15) is 34.3 Å². The number of carboxylic acids is 1. The molecule has 1 atom stereocenters. The van der Waals surface area contributed by atoms with Gasteiger partial charge in [0, 0.05) is 18.5 Å². The molecule has 0 fully saturated rings. The highest BCUT2D eigenvalue weighted by Gasteiger charge is 2.19. The number of nitrogens with one attached hydrogen (secondary N) is 1. The number of carbonyl (C=O) groups excluding carboxylic acids is 1. The predicted octanol–water partition coefficient (Wildman–Crippen LogP) is 3.48. The first-order valence-corrected chi connectivity index (χ1v) is 7.89. The molecule has 0 spiro atoms. The summed E-state index contributed by atoms with van der Waals surface area (Å²) < 4.78 is 27.2. The van der Waals surface area contributed by atoms with Gasteiger partial charge in [-0.25, -0.2) is 8.78 Å². The van der Waals surface area contributed by atoms with E-state index in [9.17, 15) is 18.4 Å². The van der Waals surface area contributed by atoms with Gasteiger partial charge in [-0.2, -0.15) is 0 Å². The van der Waals surface area contributed by atoms with Crippen LogP contribution in [0.25, 0.3) is 0 Å². The van der Waals surface area contributed by atoms with E-state index < -0.39 is 29.6 Å². The number of carbonyl (C=O) groups is 2. The lowest BCUT2D eigenvalue weighted by atomic mass is 10.0. The number of halogens is 2. The van der Waals surface area contributed by atoms with Crippen LogP contribution >= 0.6 is 0 Å². The average Bonchev–Trinajstić information content (AvgIpc) is 2.56. The van der Waals surface area contributed by atoms with Crippen molar-refractivity contribution < 1.29 is 23.5 Å². The first kappa shape index (κ1) is 18.6. The molecule has 25 heavy (non-hydrogen) atoms. The molecule has 0 saturated heterocycles. The monoisotopic (exact) mass is 347 g/mol. The summed E-state index contributed by atoms with van der Waals surface area (Å²) in [6, 6.07) is 10.6. The van der Waals surface area contributed by atoms with Crippen molar-refractivity contribution in [3.05, 3.63) is 70.8 Å². The number of rotatable bonds is 7. The maximum atomic E-state index is 13.9. The minimum Gasteiger partial charge on any atom is -0.481 e. The summed E-state index contributed by atoms with van der Waals surface area (Å²) >= 11 is 0. The minimum absolute atomic E-state index is 0.122. The fourth-order valence-electron chi connectivity index (χ4n) is 2.52. The highest BCUT2D eigenvalue weighted by molar-refractivity contribution is 5.94. The van der Waals surface area contributed by atoms with Crippen molar-refractivity contribution in [1.29, 1.82) is 0 Å². The van der Waals surface area contributed by atoms with E-state index >= 15 is 0 Å². The van der Waals surface area contributed by atoms with Gasteiger partial charge in [0.05, 0.1) is 5.56 Å². The molecule has 0 bridgehead atoms. The quantitative estimate of drug-likeness (QED) is 0.806. The van der Waals surface area contributed by atoms with Crippen molar-refractivity contribution in [3.8, 4) is 0 Å². The van der Waals surface area contributed by atoms with Crippen LogP contribution in [-0.4, -0.2) is 23.0 Å². The van der Waals surface area contributed by atoms with Crippen molar-refractivity contribution in [3.63, 3.8) is 0 Å². The van der Waals surface area contributed by atoms with Crippen LogP contribution in [0.3, 0.4) is 0 Å². The number of hydrogen-bond acceptors (Lipinski definition) is 2. The summed E-state index contributed by atoms with van der Waals surface area (Å²) in [5.74, 6) is -3.33. The summed E-state index contributed by atoms with van der Waals surface area (Å²) in [6.45, 7) is 1.44. The molecule has 4 nitrogen and oxygen atoms in total. The van der Waals surface area contributed by atoms with Gasteiger partial charge in [0.2, 0.25) is 0 Å². The van der Waals surface area contributed by atoms with Gasteiger partial charge in [0.25, 0.3) is 5.91 Å². The molecule has 0 saturated carbocycles. The van der Waals surface area contributed by atoms with Crippen LogP contribution in [-0.2, 0) is 11.2 Å². The van der Waals surface area contributed by atoms with Gasteiger partial charge >= 0.3 is 5.97 Å². The molecule has 1 unspecified atom stereocenters. The van der Waals surface area contributed by atoms with Crippen LogP contribution in [0.5, 0.6) is 0 Å². The number of amides is 1. The molecule has 0 aliphatic rings. The third kappa shape index (κ3) is 5.38. The molecule has 132 valence electrons. The topological polar surface area (TPSA) is 66.4 Å². The molecule has 0 aromatic heterocycles. The zero-order valence-corrected chi connectivity index (χ0v) is 13.8. The Morgan fingerprint density at radius 2 is 1.80 bits per heavy atom. The van der Waals surface area contributed by atoms with Crippen LogP contribution in [0, 0.1) is 18.6 Å². The maximum Gasteiger partial charge on any atom is 0.303 e. The van der Waals surface area contributed by atoms with Crippen LogP contribution in [0.2, 0.25) is 0 Å². The van der Waals surface area contributed by atoms with Crippen molar-refractivity contribution >= 4 is 11.9 Å². The summed E-state index contributed by atoms with van der Waals surface area (Å²) in [6.07, 6.45) is 0.502. The predicted molar refractivity (Wildman–Crippen MR) is 89.4 cm³/mol. The standard InChI is InChI=1S/C19H19F2NO3/c1-12-9-15(17(21)11-16(12)20)19(25)22-14(7-8-18(23)24)10-13-5-3-2-4-6-13/h2-6,9,11,14H,7-8,10H2,1H3,(H,22,25)(H,23,24). The largest absolute Gasteiger partial charge is 0.481 e. The molecule has 0 heterocycles. The fraction of sp³-hybridized carbons (Fsp3) is 0.263. The molecule has 6 heteroatoms. The molecule has 2 aromatic rings. The smallest absolute Gasteiger partial charge is 0.303 e. The molecular formula is C19H19F2NO3. The Balaban J connectivity index is 2.15. The normalized spacial score (nSPS) is 11.8. The number of carboxylic acid groups (broad SMARTS) is 1. The second kappa shape index (κ2) is 8.37. The van der Waals surface area contributed by atoms with Crippen LogP contribution in [0.4, 0.5) is 8.78 Å². The summed E-state index contributed by atoms with van der Waals surface area (Å²) in [7, 11) is 0. The van der Waals surface area contributed by atoms with E-state index in [0.29, 0.717) is 12.5 Å². The van der Waals surface area contributed by atoms with Gasteiger partial charge in [-0.15, -0.1) is 0 Å². The van der Waals surface area contributed by atoms with Crippen molar-refractivity contribution in [2.75, 3.05) is 0 Å². The first-order valence-electron chi connectivity index (χ1n) is 7.89. The zero-order chi connectivity index (χ0) is 18.4. The molecule has 2 rings (SSSR count). The Kier molecular flexibility index (Phi) is 6.22. The Labute approximate surface area is 144 Å². The Bertz CT molecular complexity index is 763. The highest BCUT2D eigenvalue weighted by atomic mass is 19.1. The molecule has 0 aliphatic heterocycles. The van der Waals surface area contributed by atoms with Gasteiger partial charge in [-0.3, -0.25) is 9.59 Å². The third-order valence-electron chi connectivity index (χ3n) is 3.86. The van der Waals surface area contributed by atoms with E-state index in [-0.39, 0.29) is 24.0 Å². The molecular weight excluding hydrogens is 328 g/mol. The molecule has 0 aliphatic carbocycles. The second-order valence-corrected chi connectivity index (χ2v) is 5.87. The summed E-state index contributed by atoms with van der Waals surface area (Å²) in [4.78, 5) is 23.2. The highest BCUT2D eigenvalue weighted by Crippen LogP contribution is 2.15. The van der Waals surface area contributed by atoms with Gasteiger partial charge in [0.1, 0.15) is 11.6 Å². The van der Waals surface area contributed by atoms with E-state index in [1.165, 1.54) is 6.92 Å². The average molecular weight is 347 g/mol. The SMILES string of the molecule is Cc1cc(C(=O)NC(CCC(=O)O)Cc2ccccc2)c(F)cc1F. The number of aryl methyl sites for hydroxylation is 1. The first-order chi connectivity index (χ1) is 11.9. The van der Waals surface area contributed by atoms with Gasteiger partial charge < -0.3 is 10.4 Å². The van der Waals surface area contributed by atoms with Crippen LogP contribution < -0.4 is 5.32 Å². The van der Waals surface area contributed by atoms with Crippen molar-refractivity contribution in [1.82, 2.24) is 5.32 Å². The molecule has 1 amide bonds. The minimum atomic E-state index is -0.976. The van der Waals surface area contributed by atoms with E-state index in [1.807, 2.05) is 30.3 Å². The Hall–Kier alpha value is -2.76. The van der Waals surface area contributed by atoms with Crippen LogP contribution in [0.15, 0.2) is 42.5 Å². The number of aliphatic carboxylic acids is 1. The van der Waals surface area contributed by atoms with E-state index in [1.54, 1.807) is 0 Å². The van der Waals surface area contributed by atoms with E-state index in [4.69, 9.17) is 5.11 Å². The lowest BCUT2D eigenvalue weighted by Gasteiger charge is -2.19. The molecule has 2 aromatic carbocycles. The summed E-state index contributed by atoms with van der Waals surface area (Å²) in [5, 5.41) is 11.5. The van der Waals surface area contributed by atoms with Gasteiger partial charge in [-0.1, -0.05) is 30.3 Å². The van der Waals surface area contributed by atoms with Crippen molar-refractivity contribution in [2.45, 2.75) is 32.2 Å². The molecule has 2 N–H and O–H groups in total. The molecule has 0 radical (unpaired) electrons. The lowest BCUT2D eigenvalue weighted by molar-refractivity contribution is -0.137. The van der Waals surface area contributed by atoms with E-state index in [2.05, 4.69) is 5.32 Å².